The van der Waals surface area contributed by atoms with Gasteiger partial charge in [0.2, 0.25) is 0 Å². The van der Waals surface area contributed by atoms with E-state index >= 15 is 0 Å². The number of ether oxygens (including phenoxy) is 1. The molecule has 0 bridgehead atoms. The van der Waals surface area contributed by atoms with Crippen LogP contribution >= 0.6 is 11.6 Å². The maximum Gasteiger partial charge on any atom is 0.316 e. The molecule has 1 aromatic rings. The van der Waals surface area contributed by atoms with Gasteiger partial charge in [-0.25, -0.2) is 4.39 Å². The SMILES string of the molecule is CCOC(=O)C1(CCl)CN(C(=O)c2ccc(F)cc2)C1. The molecular weight excluding hydrogens is 285 g/mol. The lowest BCUT2D eigenvalue weighted by Gasteiger charge is -2.46. The van der Waals surface area contributed by atoms with Crippen molar-refractivity contribution in [3.05, 3.63) is 35.6 Å². The van der Waals surface area contributed by atoms with E-state index in [0.717, 1.165) is 0 Å². The van der Waals surface area contributed by atoms with Crippen molar-refractivity contribution in [1.82, 2.24) is 4.90 Å². The zero-order valence-corrected chi connectivity index (χ0v) is 11.8. The number of benzene rings is 1. The minimum absolute atomic E-state index is 0.110. The molecule has 1 aromatic carbocycles. The fourth-order valence-electron chi connectivity index (χ4n) is 2.16. The second kappa shape index (κ2) is 5.79. The smallest absolute Gasteiger partial charge is 0.316 e. The minimum Gasteiger partial charge on any atom is -0.465 e. The van der Waals surface area contributed by atoms with Gasteiger partial charge in [0.15, 0.2) is 0 Å². The summed E-state index contributed by atoms with van der Waals surface area (Å²) in [6.45, 7) is 2.46. The summed E-state index contributed by atoms with van der Waals surface area (Å²) in [5, 5.41) is 0. The molecule has 0 N–H and O–H groups in total. The quantitative estimate of drug-likeness (QED) is 0.631. The van der Waals surface area contributed by atoms with Gasteiger partial charge < -0.3 is 9.64 Å². The van der Waals surface area contributed by atoms with Gasteiger partial charge >= 0.3 is 5.97 Å². The van der Waals surface area contributed by atoms with Gasteiger partial charge in [-0.05, 0) is 31.2 Å². The molecule has 0 atom stereocenters. The van der Waals surface area contributed by atoms with Crippen LogP contribution in [0.25, 0.3) is 0 Å². The molecule has 0 saturated carbocycles. The van der Waals surface area contributed by atoms with Crippen molar-refractivity contribution in [3.8, 4) is 0 Å². The van der Waals surface area contributed by atoms with E-state index in [9.17, 15) is 14.0 Å². The van der Waals surface area contributed by atoms with Crippen molar-refractivity contribution < 1.29 is 18.7 Å². The molecular formula is C14H15ClFNO3. The van der Waals surface area contributed by atoms with Crippen LogP contribution in [0.3, 0.4) is 0 Å². The van der Waals surface area contributed by atoms with Crippen LogP contribution in [0.4, 0.5) is 4.39 Å². The highest BCUT2D eigenvalue weighted by atomic mass is 35.5. The summed E-state index contributed by atoms with van der Waals surface area (Å²) >= 11 is 5.84. The van der Waals surface area contributed by atoms with E-state index in [0.29, 0.717) is 5.56 Å². The van der Waals surface area contributed by atoms with Gasteiger partial charge in [0.05, 0.1) is 6.61 Å². The Bertz CT molecular complexity index is 512. The third-order valence-electron chi connectivity index (χ3n) is 3.33. The number of hydrogen-bond donors (Lipinski definition) is 0. The van der Waals surface area contributed by atoms with Gasteiger partial charge in [-0.15, -0.1) is 11.6 Å². The standard InChI is InChI=1S/C14H15ClFNO3/c1-2-20-13(19)14(7-15)8-17(9-14)12(18)10-3-5-11(16)6-4-10/h3-6H,2,7-9H2,1H3. The van der Waals surface area contributed by atoms with Crippen molar-refractivity contribution >= 4 is 23.5 Å². The molecule has 1 aliphatic rings. The molecule has 1 amide bonds. The number of likely N-dealkylation sites (tertiary alicyclic amines) is 1. The average Bonchev–Trinajstić information content (AvgIpc) is 2.39. The van der Waals surface area contributed by atoms with Gasteiger partial charge in [0, 0.05) is 24.5 Å². The van der Waals surface area contributed by atoms with Crippen LogP contribution in [0.2, 0.25) is 0 Å². The molecule has 0 unspecified atom stereocenters. The molecule has 20 heavy (non-hydrogen) atoms. The zero-order valence-electron chi connectivity index (χ0n) is 11.1. The molecule has 1 heterocycles. The minimum atomic E-state index is -0.812. The molecule has 0 spiro atoms. The second-order valence-corrected chi connectivity index (χ2v) is 5.07. The van der Waals surface area contributed by atoms with Crippen LogP contribution in [-0.4, -0.2) is 42.4 Å². The summed E-state index contributed by atoms with van der Waals surface area (Å²) in [5.41, 5.74) is -0.425. The molecule has 0 radical (unpaired) electrons. The van der Waals surface area contributed by atoms with E-state index in [1.54, 1.807) is 6.92 Å². The highest BCUT2D eigenvalue weighted by Gasteiger charge is 2.51. The summed E-state index contributed by atoms with van der Waals surface area (Å²) in [4.78, 5) is 25.5. The number of halogens is 2. The Morgan fingerprint density at radius 3 is 2.45 bits per heavy atom. The molecule has 0 aliphatic carbocycles. The predicted molar refractivity (Wildman–Crippen MR) is 72.1 cm³/mol. The Balaban J connectivity index is 2.02. The summed E-state index contributed by atoms with van der Waals surface area (Å²) in [6, 6.07) is 5.30. The van der Waals surface area contributed by atoms with Crippen LogP contribution < -0.4 is 0 Å². The largest absolute Gasteiger partial charge is 0.465 e. The van der Waals surface area contributed by atoms with Crippen molar-refractivity contribution in [3.63, 3.8) is 0 Å². The van der Waals surface area contributed by atoms with Gasteiger partial charge in [0.1, 0.15) is 11.2 Å². The number of nitrogens with zero attached hydrogens (tertiary/aromatic N) is 1. The topological polar surface area (TPSA) is 46.6 Å². The summed E-state index contributed by atoms with van der Waals surface area (Å²) in [5.74, 6) is -0.904. The molecule has 2 rings (SSSR count). The number of rotatable bonds is 4. The van der Waals surface area contributed by atoms with E-state index in [1.165, 1.54) is 29.2 Å². The Morgan fingerprint density at radius 1 is 1.35 bits per heavy atom. The first-order valence-corrected chi connectivity index (χ1v) is 6.84. The third-order valence-corrected chi connectivity index (χ3v) is 3.84. The number of hydrogen-bond acceptors (Lipinski definition) is 3. The fourth-order valence-corrected chi connectivity index (χ4v) is 2.43. The van der Waals surface area contributed by atoms with Crippen LogP contribution in [0.1, 0.15) is 17.3 Å². The number of carbonyl (C=O) groups is 2. The van der Waals surface area contributed by atoms with Gasteiger partial charge in [-0.1, -0.05) is 0 Å². The van der Waals surface area contributed by atoms with E-state index in [4.69, 9.17) is 16.3 Å². The number of amides is 1. The van der Waals surface area contributed by atoms with Crippen molar-refractivity contribution in [2.75, 3.05) is 25.6 Å². The molecule has 4 nitrogen and oxygen atoms in total. The summed E-state index contributed by atoms with van der Waals surface area (Å²) < 4.78 is 17.8. The highest BCUT2D eigenvalue weighted by molar-refractivity contribution is 6.20. The molecule has 0 aromatic heterocycles. The Labute approximate surface area is 121 Å². The maximum atomic E-state index is 12.8. The summed E-state index contributed by atoms with van der Waals surface area (Å²) in [7, 11) is 0. The van der Waals surface area contributed by atoms with E-state index in [1.807, 2.05) is 0 Å². The first-order valence-electron chi connectivity index (χ1n) is 6.30. The zero-order chi connectivity index (χ0) is 14.8. The molecule has 1 aliphatic heterocycles. The molecule has 1 fully saturated rings. The first kappa shape index (κ1) is 14.8. The van der Waals surface area contributed by atoms with Crippen molar-refractivity contribution in [2.45, 2.75) is 6.92 Å². The van der Waals surface area contributed by atoms with Crippen LogP contribution in [0.5, 0.6) is 0 Å². The lowest BCUT2D eigenvalue weighted by molar-refractivity contribution is -0.162. The Morgan fingerprint density at radius 2 is 1.95 bits per heavy atom. The first-order chi connectivity index (χ1) is 9.52. The van der Waals surface area contributed by atoms with Crippen LogP contribution in [0, 0.1) is 11.2 Å². The van der Waals surface area contributed by atoms with Crippen LogP contribution in [-0.2, 0) is 9.53 Å². The van der Waals surface area contributed by atoms with Gasteiger partial charge in [-0.2, -0.15) is 0 Å². The fraction of sp³-hybridized carbons (Fsp3) is 0.429. The Hall–Kier alpha value is -1.62. The lowest BCUT2D eigenvalue weighted by atomic mass is 9.81. The van der Waals surface area contributed by atoms with E-state index in [2.05, 4.69) is 0 Å². The molecule has 108 valence electrons. The maximum absolute atomic E-state index is 12.8. The van der Waals surface area contributed by atoms with E-state index < -0.39 is 11.2 Å². The number of alkyl halides is 1. The van der Waals surface area contributed by atoms with Crippen LogP contribution in [0.15, 0.2) is 24.3 Å². The Kier molecular flexibility index (Phi) is 4.28. The third kappa shape index (κ3) is 2.63. The predicted octanol–water partition coefficient (Wildman–Crippen LogP) is 2.07. The van der Waals surface area contributed by atoms with E-state index in [-0.39, 0.29) is 37.5 Å². The van der Waals surface area contributed by atoms with Crippen molar-refractivity contribution in [1.29, 1.82) is 0 Å². The average molecular weight is 300 g/mol. The number of esters is 1. The lowest BCUT2D eigenvalue weighted by Crippen LogP contribution is -2.63. The molecule has 6 heteroatoms. The van der Waals surface area contributed by atoms with Gasteiger partial charge in [0.25, 0.3) is 5.91 Å². The normalized spacial score (nSPS) is 16.4. The van der Waals surface area contributed by atoms with Gasteiger partial charge in [-0.3, -0.25) is 9.59 Å². The summed E-state index contributed by atoms with van der Waals surface area (Å²) in [6.07, 6.45) is 0. The second-order valence-electron chi connectivity index (χ2n) is 4.80. The monoisotopic (exact) mass is 299 g/mol. The number of carbonyl (C=O) groups excluding carboxylic acids is 2. The molecule has 1 saturated heterocycles. The highest BCUT2D eigenvalue weighted by Crippen LogP contribution is 2.34. The van der Waals surface area contributed by atoms with Crippen molar-refractivity contribution in [2.24, 2.45) is 5.41 Å².